The summed E-state index contributed by atoms with van der Waals surface area (Å²) in [6.07, 6.45) is -4.46. The molecule has 2 rings (SSSR count). The number of carbonyl (C=O) groups is 1. The van der Waals surface area contributed by atoms with Crippen molar-refractivity contribution in [2.75, 3.05) is 5.32 Å². The fourth-order valence-corrected chi connectivity index (χ4v) is 2.52. The zero-order valence-corrected chi connectivity index (χ0v) is 13.4. The maximum atomic E-state index is 12.6. The first kappa shape index (κ1) is 19.0. The van der Waals surface area contributed by atoms with Crippen LogP contribution in [0.4, 0.5) is 32.4 Å². The zero-order valence-electron chi connectivity index (χ0n) is 12.6. The summed E-state index contributed by atoms with van der Waals surface area (Å²) in [6.45, 7) is -0.110. The molecule has 0 saturated carbocycles. The minimum Gasteiger partial charge on any atom is -0.334 e. The molecular formula is C16H13F5N2OS. The Morgan fingerprint density at radius 3 is 2.48 bits per heavy atom. The van der Waals surface area contributed by atoms with E-state index >= 15 is 0 Å². The number of alkyl halides is 5. The Bertz CT molecular complexity index is 736. The SMILES string of the molecule is O=C(NCc1cccc(C(F)(F)F)c1)Nc1cccc(SC(F)F)c1. The van der Waals surface area contributed by atoms with E-state index < -0.39 is 23.5 Å². The van der Waals surface area contributed by atoms with Gasteiger partial charge in [-0.2, -0.15) is 22.0 Å². The number of thioether (sulfide) groups is 1. The largest absolute Gasteiger partial charge is 0.416 e. The van der Waals surface area contributed by atoms with E-state index in [1.165, 1.54) is 36.4 Å². The van der Waals surface area contributed by atoms with E-state index in [9.17, 15) is 26.7 Å². The molecule has 134 valence electrons. The van der Waals surface area contributed by atoms with Crippen molar-refractivity contribution in [1.29, 1.82) is 0 Å². The molecular weight excluding hydrogens is 363 g/mol. The Balaban J connectivity index is 1.93. The molecule has 0 aliphatic heterocycles. The van der Waals surface area contributed by atoms with E-state index in [-0.39, 0.29) is 17.0 Å². The van der Waals surface area contributed by atoms with Crippen molar-refractivity contribution in [2.24, 2.45) is 0 Å². The Kier molecular flexibility index (Phi) is 6.24. The third kappa shape index (κ3) is 6.26. The normalized spacial score (nSPS) is 11.4. The van der Waals surface area contributed by atoms with E-state index in [4.69, 9.17) is 0 Å². The van der Waals surface area contributed by atoms with Gasteiger partial charge < -0.3 is 10.6 Å². The molecule has 0 heterocycles. The smallest absolute Gasteiger partial charge is 0.334 e. The number of anilines is 1. The Morgan fingerprint density at radius 2 is 1.80 bits per heavy atom. The number of hydrogen-bond donors (Lipinski definition) is 2. The van der Waals surface area contributed by atoms with Gasteiger partial charge in [-0.25, -0.2) is 4.79 Å². The third-order valence-electron chi connectivity index (χ3n) is 3.02. The van der Waals surface area contributed by atoms with Gasteiger partial charge >= 0.3 is 12.2 Å². The highest BCUT2D eigenvalue weighted by molar-refractivity contribution is 7.99. The van der Waals surface area contributed by atoms with Crippen molar-refractivity contribution in [2.45, 2.75) is 23.4 Å². The number of halogens is 5. The van der Waals surface area contributed by atoms with Gasteiger partial charge in [-0.1, -0.05) is 30.0 Å². The summed E-state index contributed by atoms with van der Waals surface area (Å²) in [5, 5.41) is 4.85. The predicted molar refractivity (Wildman–Crippen MR) is 85.6 cm³/mol. The van der Waals surface area contributed by atoms with Gasteiger partial charge in [0.1, 0.15) is 0 Å². The molecule has 3 nitrogen and oxygen atoms in total. The molecule has 25 heavy (non-hydrogen) atoms. The van der Waals surface area contributed by atoms with Crippen molar-refractivity contribution < 1.29 is 26.7 Å². The second-order valence-electron chi connectivity index (χ2n) is 4.91. The highest BCUT2D eigenvalue weighted by Gasteiger charge is 2.30. The van der Waals surface area contributed by atoms with Gasteiger partial charge in [0.25, 0.3) is 5.76 Å². The minimum absolute atomic E-state index is 0.110. The summed E-state index contributed by atoms with van der Waals surface area (Å²) in [5.74, 6) is -2.58. The van der Waals surface area contributed by atoms with Crippen LogP contribution in [0.15, 0.2) is 53.4 Å². The van der Waals surface area contributed by atoms with E-state index in [0.29, 0.717) is 17.4 Å². The van der Waals surface area contributed by atoms with Crippen LogP contribution in [-0.2, 0) is 12.7 Å². The first-order valence-corrected chi connectivity index (χ1v) is 7.88. The molecule has 0 bridgehead atoms. The topological polar surface area (TPSA) is 41.1 Å². The van der Waals surface area contributed by atoms with Crippen LogP contribution in [0.3, 0.4) is 0 Å². The van der Waals surface area contributed by atoms with Crippen LogP contribution in [0.2, 0.25) is 0 Å². The van der Waals surface area contributed by atoms with Crippen molar-refractivity contribution in [3.05, 3.63) is 59.7 Å². The molecule has 2 amide bonds. The van der Waals surface area contributed by atoms with E-state index in [1.807, 2.05) is 0 Å². The lowest BCUT2D eigenvalue weighted by Crippen LogP contribution is -2.28. The summed E-state index contributed by atoms with van der Waals surface area (Å²) >= 11 is 0.342. The van der Waals surface area contributed by atoms with Gasteiger partial charge in [-0.15, -0.1) is 0 Å². The molecule has 0 atom stereocenters. The summed E-state index contributed by atoms with van der Waals surface area (Å²) in [7, 11) is 0. The molecule has 0 aliphatic rings. The monoisotopic (exact) mass is 376 g/mol. The van der Waals surface area contributed by atoms with E-state index in [2.05, 4.69) is 10.6 Å². The highest BCUT2D eigenvalue weighted by Crippen LogP contribution is 2.29. The average molecular weight is 376 g/mol. The number of amides is 2. The van der Waals surface area contributed by atoms with Crippen LogP contribution in [0.5, 0.6) is 0 Å². The lowest BCUT2D eigenvalue weighted by Gasteiger charge is -2.11. The molecule has 2 aromatic rings. The molecule has 0 spiro atoms. The van der Waals surface area contributed by atoms with Crippen molar-refractivity contribution in [3.63, 3.8) is 0 Å². The van der Waals surface area contributed by atoms with E-state index in [1.54, 1.807) is 0 Å². The quantitative estimate of drug-likeness (QED) is 0.546. The Labute approximate surface area is 144 Å². The standard InChI is InChI=1S/C16H13F5N2OS/c17-14(18)25-13-6-2-5-12(8-13)23-15(24)22-9-10-3-1-4-11(7-10)16(19,20)21/h1-8,14H,9H2,(H2,22,23,24). The fraction of sp³-hybridized carbons (Fsp3) is 0.188. The van der Waals surface area contributed by atoms with Crippen LogP contribution in [0.1, 0.15) is 11.1 Å². The second-order valence-corrected chi connectivity index (χ2v) is 5.98. The number of nitrogens with one attached hydrogen (secondary N) is 2. The Morgan fingerprint density at radius 1 is 1.08 bits per heavy atom. The molecule has 0 fully saturated rings. The molecule has 0 aliphatic carbocycles. The molecule has 0 saturated heterocycles. The van der Waals surface area contributed by atoms with Gasteiger partial charge in [0.2, 0.25) is 0 Å². The first-order valence-electron chi connectivity index (χ1n) is 7.00. The lowest BCUT2D eigenvalue weighted by atomic mass is 10.1. The number of benzene rings is 2. The lowest BCUT2D eigenvalue weighted by molar-refractivity contribution is -0.137. The molecule has 0 aromatic heterocycles. The maximum absolute atomic E-state index is 12.6. The van der Waals surface area contributed by atoms with Gasteiger partial charge in [0, 0.05) is 17.1 Å². The van der Waals surface area contributed by atoms with Gasteiger partial charge in [-0.3, -0.25) is 0 Å². The van der Waals surface area contributed by atoms with Gasteiger partial charge in [-0.05, 0) is 35.9 Å². The molecule has 2 aromatic carbocycles. The number of urea groups is 1. The van der Waals surface area contributed by atoms with E-state index in [0.717, 1.165) is 12.1 Å². The van der Waals surface area contributed by atoms with Crippen LogP contribution >= 0.6 is 11.8 Å². The van der Waals surface area contributed by atoms with Crippen molar-refractivity contribution in [3.8, 4) is 0 Å². The summed E-state index contributed by atoms with van der Waals surface area (Å²) in [5.41, 5.74) is -0.219. The maximum Gasteiger partial charge on any atom is 0.416 e. The Hall–Kier alpha value is -2.29. The predicted octanol–water partition coefficient (Wildman–Crippen LogP) is 5.34. The highest BCUT2D eigenvalue weighted by atomic mass is 32.2. The fourth-order valence-electron chi connectivity index (χ4n) is 1.97. The van der Waals surface area contributed by atoms with Crippen molar-refractivity contribution >= 4 is 23.5 Å². The van der Waals surface area contributed by atoms with Gasteiger partial charge in [0.15, 0.2) is 0 Å². The van der Waals surface area contributed by atoms with Crippen LogP contribution in [0, 0.1) is 0 Å². The number of hydrogen-bond acceptors (Lipinski definition) is 2. The minimum atomic E-state index is -4.46. The van der Waals surface area contributed by atoms with Gasteiger partial charge in [0.05, 0.1) is 5.56 Å². The summed E-state index contributed by atoms with van der Waals surface area (Å²) < 4.78 is 62.5. The molecule has 0 unspecified atom stereocenters. The molecule has 9 heteroatoms. The van der Waals surface area contributed by atoms with Crippen molar-refractivity contribution in [1.82, 2.24) is 5.32 Å². The second kappa shape index (κ2) is 8.19. The molecule has 2 N–H and O–H groups in total. The summed E-state index contributed by atoms with van der Waals surface area (Å²) in [4.78, 5) is 12.1. The first-order chi connectivity index (χ1) is 11.7. The average Bonchev–Trinajstić information content (AvgIpc) is 2.52. The zero-order chi connectivity index (χ0) is 18.4. The summed E-state index contributed by atoms with van der Waals surface area (Å²) in [6, 6.07) is 9.81. The third-order valence-corrected chi connectivity index (χ3v) is 3.73. The molecule has 0 radical (unpaired) electrons. The van der Waals surface area contributed by atoms with Crippen LogP contribution < -0.4 is 10.6 Å². The van der Waals surface area contributed by atoms with Crippen LogP contribution in [-0.4, -0.2) is 11.8 Å². The van der Waals surface area contributed by atoms with Crippen LogP contribution in [0.25, 0.3) is 0 Å². The number of carbonyl (C=O) groups excluding carboxylic acids is 1. The number of rotatable bonds is 5.